The molecule has 0 bridgehead atoms. The summed E-state index contributed by atoms with van der Waals surface area (Å²) in [4.78, 5) is 10.3. The van der Waals surface area contributed by atoms with Crippen molar-refractivity contribution < 1.29 is 20.1 Å². The van der Waals surface area contributed by atoms with Crippen LogP contribution in [0.2, 0.25) is 0 Å². The van der Waals surface area contributed by atoms with Crippen LogP contribution in [0.4, 0.5) is 0 Å². The number of carboxylic acid groups (broad SMARTS) is 1. The second kappa shape index (κ2) is 4.80. The molecule has 0 saturated heterocycles. The highest BCUT2D eigenvalue weighted by Gasteiger charge is 2.28. The Hall–Kier alpha value is -1.31. The standard InChI is InChI=1S/C7H13N3O4/c1-2(11)3(8)4(9)5(10)6(12)7(13)14/h2,4,6,8,10-12H,9H2,1H3,(H,13,14). The molecule has 0 saturated carbocycles. The lowest BCUT2D eigenvalue weighted by Gasteiger charge is -2.18. The molecule has 80 valence electrons. The Morgan fingerprint density at radius 1 is 1.29 bits per heavy atom. The van der Waals surface area contributed by atoms with Gasteiger partial charge in [0.25, 0.3) is 0 Å². The molecule has 0 aliphatic carbocycles. The third-order valence-corrected chi connectivity index (χ3v) is 1.65. The molecule has 14 heavy (non-hydrogen) atoms. The Morgan fingerprint density at radius 2 is 1.71 bits per heavy atom. The average molecular weight is 203 g/mol. The lowest BCUT2D eigenvalue weighted by Crippen LogP contribution is -2.49. The first kappa shape index (κ1) is 12.7. The van der Waals surface area contributed by atoms with E-state index in [1.54, 1.807) is 0 Å². The second-order valence-electron chi connectivity index (χ2n) is 2.81. The molecule has 7 nitrogen and oxygen atoms in total. The van der Waals surface area contributed by atoms with E-state index < -0.39 is 35.6 Å². The highest BCUT2D eigenvalue weighted by atomic mass is 16.4. The molecule has 0 fully saturated rings. The van der Waals surface area contributed by atoms with Gasteiger partial charge in [-0.25, -0.2) is 4.79 Å². The smallest absolute Gasteiger partial charge is 0.338 e. The summed E-state index contributed by atoms with van der Waals surface area (Å²) in [6.07, 6.45) is -3.21. The van der Waals surface area contributed by atoms with E-state index in [0.717, 1.165) is 0 Å². The molecule has 0 radical (unpaired) electrons. The molecule has 0 aromatic rings. The number of carboxylic acids is 1. The van der Waals surface area contributed by atoms with Gasteiger partial charge in [-0.05, 0) is 6.92 Å². The molecule has 3 unspecified atom stereocenters. The molecule has 0 spiro atoms. The fourth-order valence-corrected chi connectivity index (χ4v) is 0.730. The van der Waals surface area contributed by atoms with Gasteiger partial charge in [0.15, 0.2) is 6.10 Å². The second-order valence-corrected chi connectivity index (χ2v) is 2.81. The first-order valence-corrected chi connectivity index (χ1v) is 3.80. The molecule has 7 heteroatoms. The zero-order chi connectivity index (χ0) is 11.5. The number of hydrogen-bond acceptors (Lipinski definition) is 6. The number of rotatable bonds is 5. The van der Waals surface area contributed by atoms with Crippen LogP contribution in [-0.2, 0) is 4.79 Å². The van der Waals surface area contributed by atoms with E-state index in [0.29, 0.717) is 0 Å². The predicted molar refractivity (Wildman–Crippen MR) is 48.8 cm³/mol. The summed E-state index contributed by atoms with van der Waals surface area (Å²) in [5.74, 6) is -1.61. The molecular weight excluding hydrogens is 190 g/mol. The van der Waals surface area contributed by atoms with Crippen LogP contribution in [-0.4, -0.2) is 51.0 Å². The van der Waals surface area contributed by atoms with Crippen LogP contribution >= 0.6 is 0 Å². The van der Waals surface area contributed by atoms with Crippen LogP contribution in [0.5, 0.6) is 0 Å². The van der Waals surface area contributed by atoms with Crippen LogP contribution in [0, 0.1) is 10.8 Å². The van der Waals surface area contributed by atoms with Gasteiger partial charge in [-0.3, -0.25) is 0 Å². The molecular formula is C7H13N3O4. The van der Waals surface area contributed by atoms with Crippen molar-refractivity contribution in [3.8, 4) is 0 Å². The Balaban J connectivity index is 4.55. The number of nitrogens with one attached hydrogen (secondary N) is 2. The van der Waals surface area contributed by atoms with Gasteiger partial charge in [0.2, 0.25) is 0 Å². The lowest BCUT2D eigenvalue weighted by atomic mass is 10.00. The molecule has 0 heterocycles. The van der Waals surface area contributed by atoms with Crippen molar-refractivity contribution >= 4 is 17.4 Å². The van der Waals surface area contributed by atoms with E-state index in [9.17, 15) is 4.79 Å². The number of hydrogen-bond donors (Lipinski definition) is 6. The van der Waals surface area contributed by atoms with E-state index in [4.69, 9.17) is 31.9 Å². The van der Waals surface area contributed by atoms with Gasteiger partial charge in [0, 0.05) is 0 Å². The van der Waals surface area contributed by atoms with Gasteiger partial charge in [-0.2, -0.15) is 0 Å². The third-order valence-electron chi connectivity index (χ3n) is 1.65. The van der Waals surface area contributed by atoms with Gasteiger partial charge < -0.3 is 31.9 Å². The van der Waals surface area contributed by atoms with E-state index in [-0.39, 0.29) is 0 Å². The zero-order valence-corrected chi connectivity index (χ0v) is 7.56. The number of nitrogens with two attached hydrogens (primary N) is 1. The normalized spacial score (nSPS) is 16.9. The molecule has 0 aliphatic rings. The maximum atomic E-state index is 10.3. The van der Waals surface area contributed by atoms with Crippen molar-refractivity contribution in [2.45, 2.75) is 25.2 Å². The summed E-state index contributed by atoms with van der Waals surface area (Å²) >= 11 is 0. The summed E-state index contributed by atoms with van der Waals surface area (Å²) < 4.78 is 0. The Kier molecular flexibility index (Phi) is 4.35. The van der Waals surface area contributed by atoms with Crippen LogP contribution in [0.15, 0.2) is 0 Å². The molecule has 3 atom stereocenters. The number of aliphatic hydroxyl groups is 2. The van der Waals surface area contributed by atoms with E-state index in [1.807, 2.05) is 0 Å². The topological polar surface area (TPSA) is 151 Å². The van der Waals surface area contributed by atoms with Crippen molar-refractivity contribution in [2.24, 2.45) is 5.73 Å². The minimum Gasteiger partial charge on any atom is -0.479 e. The van der Waals surface area contributed by atoms with E-state index in [1.165, 1.54) is 6.92 Å². The fourth-order valence-electron chi connectivity index (χ4n) is 0.730. The summed E-state index contributed by atoms with van der Waals surface area (Å²) in [7, 11) is 0. The van der Waals surface area contributed by atoms with Gasteiger partial charge in [0.05, 0.1) is 23.6 Å². The summed E-state index contributed by atoms with van der Waals surface area (Å²) in [6, 6.07) is -1.37. The molecule has 0 aromatic heterocycles. The van der Waals surface area contributed by atoms with Crippen molar-refractivity contribution in [2.75, 3.05) is 0 Å². The minimum atomic E-state index is -2.04. The third kappa shape index (κ3) is 2.87. The minimum absolute atomic E-state index is 0.407. The summed E-state index contributed by atoms with van der Waals surface area (Å²) in [5.41, 5.74) is 4.14. The maximum Gasteiger partial charge on any atom is 0.338 e. The highest BCUT2D eigenvalue weighted by Crippen LogP contribution is 1.97. The molecule has 0 amide bonds. The fraction of sp³-hybridized carbons (Fsp3) is 0.571. The predicted octanol–water partition coefficient (Wildman–Crippen LogP) is -1.82. The van der Waals surface area contributed by atoms with Crippen LogP contribution in [0.1, 0.15) is 6.92 Å². The number of aliphatic carboxylic acids is 1. The van der Waals surface area contributed by atoms with Gasteiger partial charge in [0.1, 0.15) is 0 Å². The highest BCUT2D eigenvalue weighted by molar-refractivity contribution is 6.17. The lowest BCUT2D eigenvalue weighted by molar-refractivity contribution is -0.143. The summed E-state index contributed by atoms with van der Waals surface area (Å²) in [6.45, 7) is 1.27. The van der Waals surface area contributed by atoms with Crippen LogP contribution in [0.25, 0.3) is 0 Å². The monoisotopic (exact) mass is 203 g/mol. The molecule has 0 rings (SSSR count). The zero-order valence-electron chi connectivity index (χ0n) is 7.56. The van der Waals surface area contributed by atoms with E-state index >= 15 is 0 Å². The molecule has 0 aliphatic heterocycles. The largest absolute Gasteiger partial charge is 0.479 e. The van der Waals surface area contributed by atoms with Crippen molar-refractivity contribution in [1.82, 2.24) is 0 Å². The number of aliphatic hydroxyl groups excluding tert-OH is 2. The van der Waals surface area contributed by atoms with Gasteiger partial charge in [-0.1, -0.05) is 0 Å². The maximum absolute atomic E-state index is 10.3. The summed E-state index contributed by atoms with van der Waals surface area (Å²) in [5, 5.41) is 40.5. The first-order valence-electron chi connectivity index (χ1n) is 3.80. The van der Waals surface area contributed by atoms with Gasteiger partial charge in [-0.15, -0.1) is 0 Å². The average Bonchev–Trinajstić information content (AvgIpc) is 2.12. The van der Waals surface area contributed by atoms with Crippen molar-refractivity contribution in [3.05, 3.63) is 0 Å². The van der Waals surface area contributed by atoms with E-state index in [2.05, 4.69) is 0 Å². The SMILES string of the molecule is CC(O)C(=N)C(N)C(=N)C(O)C(=O)O. The van der Waals surface area contributed by atoms with Crippen molar-refractivity contribution in [3.63, 3.8) is 0 Å². The Labute approximate surface area is 80.2 Å². The molecule has 0 aromatic carbocycles. The van der Waals surface area contributed by atoms with Gasteiger partial charge >= 0.3 is 5.97 Å². The Bertz CT molecular complexity index is 264. The van der Waals surface area contributed by atoms with Crippen molar-refractivity contribution in [1.29, 1.82) is 10.8 Å². The first-order chi connectivity index (χ1) is 6.29. The van der Waals surface area contributed by atoms with Crippen LogP contribution < -0.4 is 5.73 Å². The number of carbonyl (C=O) groups is 1. The quantitative estimate of drug-likeness (QED) is 0.290. The molecule has 7 N–H and O–H groups in total. The van der Waals surface area contributed by atoms with Crippen LogP contribution in [0.3, 0.4) is 0 Å². The Morgan fingerprint density at radius 3 is 2.00 bits per heavy atom.